The lowest BCUT2D eigenvalue weighted by molar-refractivity contribution is -0.934. The first-order valence-electron chi connectivity index (χ1n) is 10.1. The molecule has 0 aliphatic heterocycles. The molecule has 0 aliphatic rings. The fourth-order valence-corrected chi connectivity index (χ4v) is 3.14. The molecule has 1 atom stereocenters. The largest absolute Gasteiger partial charge is 0.312 e. The van der Waals surface area contributed by atoms with E-state index in [1.54, 1.807) is 0 Å². The smallest absolute Gasteiger partial charge is 0.134 e. The molecule has 5 nitrogen and oxygen atoms in total. The Hall–Kier alpha value is -0.200. The third kappa shape index (κ3) is 9.94. The number of hydrogen-bond donors (Lipinski definition) is 1. The van der Waals surface area contributed by atoms with Crippen molar-refractivity contribution in [1.29, 1.82) is 0 Å². The molecule has 1 unspecified atom stereocenters. The maximum atomic E-state index is 3.53. The van der Waals surface area contributed by atoms with Gasteiger partial charge < -0.3 is 19.6 Å². The molecule has 0 aromatic carbocycles. The second kappa shape index (κ2) is 14.0. The van der Waals surface area contributed by atoms with Crippen molar-refractivity contribution in [3.05, 3.63) is 0 Å². The van der Waals surface area contributed by atoms with Crippen molar-refractivity contribution in [1.82, 2.24) is 20.0 Å². The first-order valence-corrected chi connectivity index (χ1v) is 10.1. The first-order chi connectivity index (χ1) is 11.5. The van der Waals surface area contributed by atoms with E-state index in [0.717, 1.165) is 45.9 Å². The van der Waals surface area contributed by atoms with Crippen LogP contribution in [0.5, 0.6) is 0 Å². The fourth-order valence-electron chi connectivity index (χ4n) is 3.14. The zero-order chi connectivity index (χ0) is 18.4. The molecule has 0 spiro atoms. The molecule has 0 saturated carbocycles. The summed E-state index contributed by atoms with van der Waals surface area (Å²) in [6.07, 6.45) is 0. The lowest BCUT2D eigenvalue weighted by Crippen LogP contribution is -2.58. The number of nitrogens with one attached hydrogen (secondary N) is 1. The molecule has 0 saturated heterocycles. The molecule has 0 bridgehead atoms. The Morgan fingerprint density at radius 1 is 0.750 bits per heavy atom. The monoisotopic (exact) mass is 344 g/mol. The van der Waals surface area contributed by atoms with E-state index in [0.29, 0.717) is 0 Å². The van der Waals surface area contributed by atoms with Crippen molar-refractivity contribution in [3.8, 4) is 0 Å². The van der Waals surface area contributed by atoms with E-state index in [4.69, 9.17) is 0 Å². The Morgan fingerprint density at radius 2 is 1.42 bits per heavy atom. The second-order valence-electron chi connectivity index (χ2n) is 7.10. The van der Waals surface area contributed by atoms with Crippen molar-refractivity contribution < 1.29 is 4.48 Å². The van der Waals surface area contributed by atoms with Gasteiger partial charge in [-0.15, -0.1) is 0 Å². The Morgan fingerprint density at radius 3 is 1.92 bits per heavy atom. The number of quaternary nitrogens is 1. The zero-order valence-corrected chi connectivity index (χ0v) is 17.8. The molecule has 0 radical (unpaired) electrons. The molecule has 24 heavy (non-hydrogen) atoms. The van der Waals surface area contributed by atoms with Gasteiger partial charge in [0.05, 0.1) is 19.6 Å². The van der Waals surface area contributed by atoms with Gasteiger partial charge in [0, 0.05) is 26.2 Å². The molecule has 1 N–H and O–H groups in total. The van der Waals surface area contributed by atoms with E-state index < -0.39 is 0 Å². The van der Waals surface area contributed by atoms with Crippen molar-refractivity contribution in [2.24, 2.45) is 0 Å². The SMILES string of the molecule is CCNCC[N+](CC)(CCN(C)CC)CN(C)CCN(CC)CC. The van der Waals surface area contributed by atoms with Crippen LogP contribution in [-0.4, -0.2) is 112 Å². The van der Waals surface area contributed by atoms with Gasteiger partial charge >= 0.3 is 0 Å². The summed E-state index contributed by atoms with van der Waals surface area (Å²) < 4.78 is 1.19. The highest BCUT2D eigenvalue weighted by Crippen LogP contribution is 2.09. The van der Waals surface area contributed by atoms with Gasteiger partial charge in [-0.1, -0.05) is 27.7 Å². The molecular formula is C19H46N5+. The van der Waals surface area contributed by atoms with E-state index >= 15 is 0 Å². The Balaban J connectivity index is 4.68. The van der Waals surface area contributed by atoms with Crippen LogP contribution in [0, 0.1) is 0 Å². The van der Waals surface area contributed by atoms with E-state index in [1.165, 1.54) is 37.2 Å². The molecule has 0 aliphatic carbocycles. The van der Waals surface area contributed by atoms with Crippen LogP contribution in [0.3, 0.4) is 0 Å². The summed E-state index contributed by atoms with van der Waals surface area (Å²) in [6, 6.07) is 0. The van der Waals surface area contributed by atoms with Crippen molar-refractivity contribution >= 4 is 0 Å². The minimum Gasteiger partial charge on any atom is -0.312 e. The molecule has 0 amide bonds. The third-order valence-corrected chi connectivity index (χ3v) is 5.41. The summed E-state index contributed by atoms with van der Waals surface area (Å²) in [6.45, 7) is 25.3. The topological polar surface area (TPSA) is 21.8 Å². The average Bonchev–Trinajstić information content (AvgIpc) is 2.60. The summed E-state index contributed by atoms with van der Waals surface area (Å²) in [4.78, 5) is 7.49. The highest BCUT2D eigenvalue weighted by molar-refractivity contribution is 4.58. The van der Waals surface area contributed by atoms with Crippen LogP contribution < -0.4 is 5.32 Å². The minimum atomic E-state index is 1.07. The van der Waals surface area contributed by atoms with E-state index in [2.05, 4.69) is 68.7 Å². The Labute approximate surface area is 152 Å². The number of rotatable bonds is 16. The van der Waals surface area contributed by atoms with Gasteiger partial charge in [0.1, 0.15) is 6.67 Å². The molecule has 0 aromatic heterocycles. The van der Waals surface area contributed by atoms with Crippen LogP contribution in [0.15, 0.2) is 0 Å². The highest BCUT2D eigenvalue weighted by atomic mass is 15.5. The predicted molar refractivity (Wildman–Crippen MR) is 108 cm³/mol. The van der Waals surface area contributed by atoms with Gasteiger partial charge in [0.2, 0.25) is 0 Å². The third-order valence-electron chi connectivity index (χ3n) is 5.41. The summed E-state index contributed by atoms with van der Waals surface area (Å²) in [5, 5.41) is 3.53. The molecule has 0 fully saturated rings. The van der Waals surface area contributed by atoms with E-state index in [1.807, 2.05) is 0 Å². The summed E-state index contributed by atoms with van der Waals surface area (Å²) in [7, 11) is 4.53. The predicted octanol–water partition coefficient (Wildman–Crippen LogP) is 1.62. The van der Waals surface area contributed by atoms with Crippen LogP contribution >= 0.6 is 0 Å². The number of nitrogens with zero attached hydrogens (tertiary/aromatic N) is 4. The summed E-state index contributed by atoms with van der Waals surface area (Å²) in [5.41, 5.74) is 0. The first kappa shape index (κ1) is 23.8. The molecule has 0 rings (SSSR count). The number of hydrogen-bond acceptors (Lipinski definition) is 4. The molecular weight excluding hydrogens is 298 g/mol. The quantitative estimate of drug-likeness (QED) is 0.261. The van der Waals surface area contributed by atoms with Gasteiger partial charge in [-0.3, -0.25) is 4.90 Å². The summed E-state index contributed by atoms with van der Waals surface area (Å²) in [5.74, 6) is 0. The summed E-state index contributed by atoms with van der Waals surface area (Å²) >= 11 is 0. The Bertz CT molecular complexity index is 283. The highest BCUT2D eigenvalue weighted by Gasteiger charge is 2.27. The van der Waals surface area contributed by atoms with Crippen LogP contribution in [0.1, 0.15) is 34.6 Å². The molecule has 5 heteroatoms. The van der Waals surface area contributed by atoms with Gasteiger partial charge in [0.15, 0.2) is 0 Å². The maximum absolute atomic E-state index is 3.53. The van der Waals surface area contributed by atoms with Crippen LogP contribution in [0.25, 0.3) is 0 Å². The second-order valence-corrected chi connectivity index (χ2v) is 7.10. The van der Waals surface area contributed by atoms with E-state index in [-0.39, 0.29) is 0 Å². The normalized spacial score (nSPS) is 14.8. The molecule has 146 valence electrons. The fraction of sp³-hybridized carbons (Fsp3) is 1.00. The van der Waals surface area contributed by atoms with Gasteiger partial charge in [0.25, 0.3) is 0 Å². The standard InChI is InChI=1S/C19H46N5/c1-8-20-13-17-24(12-5,18-16-21(6)9-2)19-22(7)14-15-23(10-3)11-4/h20H,8-19H2,1-7H3/q+1. The zero-order valence-electron chi connectivity index (χ0n) is 17.8. The average molecular weight is 345 g/mol. The Kier molecular flexibility index (Phi) is 13.9. The lowest BCUT2D eigenvalue weighted by Gasteiger charge is -2.41. The van der Waals surface area contributed by atoms with Crippen LogP contribution in [-0.2, 0) is 0 Å². The van der Waals surface area contributed by atoms with Crippen molar-refractivity contribution in [2.75, 3.05) is 92.8 Å². The minimum absolute atomic E-state index is 1.07. The van der Waals surface area contributed by atoms with Gasteiger partial charge in [-0.2, -0.15) is 0 Å². The lowest BCUT2D eigenvalue weighted by atomic mass is 10.3. The molecule has 0 aromatic rings. The van der Waals surface area contributed by atoms with Crippen molar-refractivity contribution in [2.45, 2.75) is 34.6 Å². The van der Waals surface area contributed by atoms with Gasteiger partial charge in [-0.05, 0) is 47.2 Å². The number of likely N-dealkylation sites (N-methyl/N-ethyl adjacent to an activating group) is 5. The van der Waals surface area contributed by atoms with Crippen LogP contribution in [0.2, 0.25) is 0 Å². The molecule has 0 heterocycles. The van der Waals surface area contributed by atoms with E-state index in [9.17, 15) is 0 Å². The van der Waals surface area contributed by atoms with Crippen molar-refractivity contribution in [3.63, 3.8) is 0 Å². The maximum Gasteiger partial charge on any atom is 0.134 e. The van der Waals surface area contributed by atoms with Gasteiger partial charge in [-0.25, -0.2) is 0 Å². The van der Waals surface area contributed by atoms with Crippen LogP contribution in [0.4, 0.5) is 0 Å².